The van der Waals surface area contributed by atoms with E-state index in [1.165, 1.54) is 17.4 Å². The lowest BCUT2D eigenvalue weighted by molar-refractivity contribution is -0.132. The molecule has 3 aromatic rings. The first-order chi connectivity index (χ1) is 20.7. The van der Waals surface area contributed by atoms with Crippen LogP contribution in [0.5, 0.6) is 5.75 Å². The summed E-state index contributed by atoms with van der Waals surface area (Å²) in [5.41, 5.74) is 1.31. The van der Waals surface area contributed by atoms with E-state index in [4.69, 9.17) is 4.74 Å². The summed E-state index contributed by atoms with van der Waals surface area (Å²) in [7, 11) is 1.11. The molecule has 0 saturated carbocycles. The number of thiophene rings is 1. The smallest absolute Gasteiger partial charge is 0.393 e. The van der Waals surface area contributed by atoms with Gasteiger partial charge in [-0.3, -0.25) is 4.79 Å². The Kier molecular flexibility index (Phi) is 10.9. The van der Waals surface area contributed by atoms with Gasteiger partial charge >= 0.3 is 6.18 Å². The van der Waals surface area contributed by atoms with Crippen LogP contribution in [0.4, 0.5) is 28.9 Å². The number of amides is 1. The number of carbonyl (C=O) groups excluding carboxylic acids is 1. The van der Waals surface area contributed by atoms with Crippen molar-refractivity contribution in [3.05, 3.63) is 46.8 Å². The molecule has 2 aromatic carbocycles. The van der Waals surface area contributed by atoms with Gasteiger partial charge in [-0.1, -0.05) is 24.0 Å². The molecule has 7 nitrogen and oxygen atoms in total. The van der Waals surface area contributed by atoms with Crippen LogP contribution >= 0.6 is 18.5 Å². The van der Waals surface area contributed by atoms with Crippen LogP contribution in [0.3, 0.4) is 0 Å². The molecule has 0 unspecified atom stereocenters. The van der Waals surface area contributed by atoms with Crippen LogP contribution in [0.15, 0.2) is 36.4 Å². The van der Waals surface area contributed by atoms with Crippen molar-refractivity contribution in [3.63, 3.8) is 0 Å². The minimum Gasteiger partial charge on any atom is -0.461 e. The summed E-state index contributed by atoms with van der Waals surface area (Å²) in [5.74, 6) is 6.08. The molecule has 0 aliphatic carbocycles. The van der Waals surface area contributed by atoms with Crippen LogP contribution in [0.1, 0.15) is 23.3 Å². The Balaban J connectivity index is 1.53. The summed E-state index contributed by atoms with van der Waals surface area (Å²) in [6, 6.07) is 10.2. The van der Waals surface area contributed by atoms with Gasteiger partial charge in [0.1, 0.15) is 12.9 Å². The number of alkyl halides is 4. The molecule has 2 N–H and O–H groups in total. The van der Waals surface area contributed by atoms with Crippen LogP contribution < -0.4 is 20.7 Å². The third kappa shape index (κ3) is 8.90. The normalized spacial score (nSPS) is 14.4. The van der Waals surface area contributed by atoms with Crippen LogP contribution in [0.2, 0.25) is 0 Å². The van der Waals surface area contributed by atoms with Crippen molar-refractivity contribution in [1.82, 2.24) is 9.80 Å². The number of nitrogens with one attached hydrogen (secondary N) is 2. The lowest BCUT2D eigenvalue weighted by atomic mass is 10.0. The van der Waals surface area contributed by atoms with Crippen molar-refractivity contribution in [2.45, 2.75) is 31.5 Å². The maximum atomic E-state index is 13.7. The molecule has 1 aromatic heterocycles. The molecule has 0 spiro atoms. The molecule has 0 atom stereocenters. The fraction of sp³-hybridized carbons (Fsp3) is 0.452. The van der Waals surface area contributed by atoms with Crippen molar-refractivity contribution < 1.29 is 31.7 Å². The number of fused-ring (bicyclic) bond motifs is 1. The van der Waals surface area contributed by atoms with Gasteiger partial charge in [0, 0.05) is 24.4 Å². The molecule has 238 valence electrons. The zero-order valence-corrected chi connectivity index (χ0v) is 26.9. The van der Waals surface area contributed by atoms with Crippen molar-refractivity contribution >= 4 is 51.2 Å². The van der Waals surface area contributed by atoms with Crippen LogP contribution in [-0.2, 0) is 15.8 Å². The molecule has 1 aliphatic heterocycles. The number of piperidine rings is 1. The first kappa shape index (κ1) is 33.6. The Morgan fingerprint density at radius 1 is 1.16 bits per heavy atom. The van der Waals surface area contributed by atoms with Crippen LogP contribution in [0.25, 0.3) is 10.1 Å². The second-order valence-corrected chi connectivity index (χ2v) is 15.6. The lowest BCUT2D eigenvalue weighted by Crippen LogP contribution is -2.45. The Morgan fingerprint density at radius 2 is 1.89 bits per heavy atom. The van der Waals surface area contributed by atoms with Gasteiger partial charge in [-0.15, -0.1) is 11.3 Å². The standard InChI is InChI=1S/C31H37F4N4O3PS/c1-38(2)19-29(40)39-15-12-21(13-16-39)37-26-8-5-7-23-24(18-31(33,34)35)28(44-30(23)26)9-6-14-36-25-11-10-22(43(3,4)41)17-27(25)42-20-32/h5,7-8,10-11,17,21,36-37H,12-16,18-20H2,1-4H3. The highest BCUT2D eigenvalue weighted by Gasteiger charge is 2.31. The van der Waals surface area contributed by atoms with Crippen molar-refractivity contribution in [2.75, 3.05) is 71.1 Å². The minimum absolute atomic E-state index is 0.0633. The number of carbonyl (C=O) groups is 1. The molecule has 0 radical (unpaired) electrons. The highest BCUT2D eigenvalue weighted by molar-refractivity contribution is 7.70. The van der Waals surface area contributed by atoms with Gasteiger partial charge in [0.15, 0.2) is 0 Å². The van der Waals surface area contributed by atoms with Crippen LogP contribution in [-0.4, -0.2) is 88.4 Å². The van der Waals surface area contributed by atoms with E-state index < -0.39 is 26.6 Å². The van der Waals surface area contributed by atoms with E-state index >= 15 is 0 Å². The van der Waals surface area contributed by atoms with Crippen molar-refractivity contribution in [2.24, 2.45) is 0 Å². The highest BCUT2D eigenvalue weighted by Crippen LogP contribution is 2.40. The quantitative estimate of drug-likeness (QED) is 0.159. The Hall–Kier alpha value is -3.26. The lowest BCUT2D eigenvalue weighted by Gasteiger charge is -2.33. The summed E-state index contributed by atoms with van der Waals surface area (Å²) in [5, 5.41) is 7.57. The predicted octanol–water partition coefficient (Wildman–Crippen LogP) is 5.99. The summed E-state index contributed by atoms with van der Waals surface area (Å²) >= 11 is 1.22. The summed E-state index contributed by atoms with van der Waals surface area (Å²) < 4.78 is 72.1. The largest absolute Gasteiger partial charge is 0.461 e. The van der Waals surface area contributed by atoms with E-state index in [1.54, 1.807) is 37.6 Å². The van der Waals surface area contributed by atoms with E-state index in [0.717, 1.165) is 18.5 Å². The molecule has 2 heterocycles. The number of likely N-dealkylation sites (tertiary alicyclic amines) is 1. The van der Waals surface area contributed by atoms with E-state index in [0.29, 0.717) is 45.6 Å². The van der Waals surface area contributed by atoms with Crippen molar-refractivity contribution in [3.8, 4) is 17.6 Å². The molecule has 44 heavy (non-hydrogen) atoms. The first-order valence-corrected chi connectivity index (χ1v) is 17.6. The number of hydrogen-bond donors (Lipinski definition) is 2. The first-order valence-electron chi connectivity index (χ1n) is 14.2. The second-order valence-electron chi connectivity index (χ2n) is 11.4. The summed E-state index contributed by atoms with van der Waals surface area (Å²) in [4.78, 5) is 16.4. The number of anilines is 2. The molecular weight excluding hydrogens is 615 g/mol. The molecule has 4 rings (SSSR count). The molecule has 1 amide bonds. The van der Waals surface area contributed by atoms with Gasteiger partial charge in [0.05, 0.1) is 40.5 Å². The second kappa shape index (κ2) is 14.2. The molecule has 1 saturated heterocycles. The molecule has 1 aliphatic rings. The van der Waals surface area contributed by atoms with Gasteiger partial charge in [0.25, 0.3) is 0 Å². The maximum absolute atomic E-state index is 13.7. The van der Waals surface area contributed by atoms with E-state index in [-0.39, 0.29) is 29.8 Å². The van der Waals surface area contributed by atoms with Gasteiger partial charge in [-0.05, 0) is 75.5 Å². The Bertz CT molecular complexity index is 1580. The number of likely N-dealkylation sites (N-methyl/N-ethyl adjacent to an activating group) is 1. The SMILES string of the molecule is CN(C)CC(=O)N1CCC(Nc2cccc3c(CC(F)(F)F)c(C#CCNc4ccc(P(C)(C)=O)cc4OCF)sc23)CC1. The number of halogens is 4. The molecule has 1 fully saturated rings. The summed E-state index contributed by atoms with van der Waals surface area (Å²) in [6.45, 7) is 3.77. The van der Waals surface area contributed by atoms with E-state index in [1.807, 2.05) is 30.0 Å². The van der Waals surface area contributed by atoms with Crippen molar-refractivity contribution in [1.29, 1.82) is 0 Å². The van der Waals surface area contributed by atoms with E-state index in [9.17, 15) is 26.9 Å². The number of rotatable bonds is 10. The average molecular weight is 653 g/mol. The maximum Gasteiger partial charge on any atom is 0.393 e. The summed E-state index contributed by atoms with van der Waals surface area (Å²) in [6.07, 6.45) is -4.06. The van der Waals surface area contributed by atoms with Gasteiger partial charge in [0.2, 0.25) is 12.8 Å². The zero-order chi connectivity index (χ0) is 32.1. The molecular formula is C31H37F4N4O3PS. The third-order valence-electron chi connectivity index (χ3n) is 7.22. The highest BCUT2D eigenvalue weighted by atomic mass is 32.1. The average Bonchev–Trinajstić information content (AvgIpc) is 3.28. The predicted molar refractivity (Wildman–Crippen MR) is 171 cm³/mol. The number of ether oxygens (including phenoxy) is 1. The van der Waals surface area contributed by atoms with Gasteiger partial charge in [-0.2, -0.15) is 13.2 Å². The topological polar surface area (TPSA) is 73.9 Å². The fourth-order valence-corrected chi connectivity index (χ4v) is 7.09. The van der Waals surface area contributed by atoms with Crippen LogP contribution in [0, 0.1) is 11.8 Å². The van der Waals surface area contributed by atoms with E-state index in [2.05, 4.69) is 22.5 Å². The monoisotopic (exact) mass is 652 g/mol. The third-order valence-corrected chi connectivity index (χ3v) is 9.94. The number of nitrogens with zero attached hydrogens (tertiary/aromatic N) is 2. The number of benzene rings is 2. The Morgan fingerprint density at radius 3 is 2.52 bits per heavy atom. The molecule has 0 bridgehead atoms. The zero-order valence-electron chi connectivity index (χ0n) is 25.2. The Labute approximate surface area is 259 Å². The fourth-order valence-electron chi connectivity index (χ4n) is 5.06. The number of hydrogen-bond acceptors (Lipinski definition) is 7. The van der Waals surface area contributed by atoms with Gasteiger partial charge < -0.3 is 29.7 Å². The van der Waals surface area contributed by atoms with Gasteiger partial charge in [-0.25, -0.2) is 4.39 Å². The molecule has 13 heteroatoms. The minimum atomic E-state index is -4.42.